The molecule has 0 unspecified atom stereocenters. The Bertz CT molecular complexity index is 1100. The summed E-state index contributed by atoms with van der Waals surface area (Å²) >= 11 is 0. The van der Waals surface area contributed by atoms with Gasteiger partial charge in [-0.25, -0.2) is 0 Å². The van der Waals surface area contributed by atoms with Crippen molar-refractivity contribution in [3.63, 3.8) is 0 Å². The van der Waals surface area contributed by atoms with Crippen LogP contribution in [-0.2, 0) is 9.59 Å². The number of nitrogens with one attached hydrogen (secondary N) is 2. The third kappa shape index (κ3) is 5.19. The molecule has 0 aromatic heterocycles. The Morgan fingerprint density at radius 2 is 0.842 bits per heavy atom. The third-order valence-corrected chi connectivity index (χ3v) is 5.04. The average molecular weight is 560 g/mol. The highest BCUT2D eigenvalue weighted by Gasteiger charge is 2.84. The summed E-state index contributed by atoms with van der Waals surface area (Å²) in [5.74, 6) is -33.4. The normalized spacial score (nSPS) is 12.4. The third-order valence-electron chi connectivity index (χ3n) is 5.04. The van der Waals surface area contributed by atoms with Crippen LogP contribution in [0.4, 0.5) is 46.5 Å². The summed E-state index contributed by atoms with van der Waals surface area (Å²) in [5.41, 5.74) is -1.30. The minimum absolute atomic E-state index is 0.0225. The second-order valence-corrected chi connectivity index (χ2v) is 7.35. The number of rotatable bonds is 11. The highest BCUT2D eigenvalue weighted by molar-refractivity contribution is 5.99. The van der Waals surface area contributed by atoms with Crippen LogP contribution in [0.3, 0.4) is 0 Å². The van der Waals surface area contributed by atoms with Crippen LogP contribution in [0.15, 0.2) is 36.4 Å². The van der Waals surface area contributed by atoms with E-state index in [-0.39, 0.29) is 23.0 Å². The molecule has 0 bridgehead atoms. The van der Waals surface area contributed by atoms with Gasteiger partial charge in [0.05, 0.1) is 28.4 Å². The summed E-state index contributed by atoms with van der Waals surface area (Å²) in [5, 5.41) is 2.44. The van der Waals surface area contributed by atoms with E-state index in [1.54, 1.807) is 0 Å². The molecular formula is C22H20F8N2O6. The van der Waals surface area contributed by atoms with Crippen LogP contribution in [0.1, 0.15) is 0 Å². The van der Waals surface area contributed by atoms with E-state index in [1.165, 1.54) is 24.9 Å². The molecule has 210 valence electrons. The Morgan fingerprint density at radius 1 is 0.553 bits per heavy atom. The number of carbonyl (C=O) groups excluding carboxylic acids is 2. The van der Waals surface area contributed by atoms with Crippen molar-refractivity contribution < 1.29 is 63.7 Å². The molecule has 2 aromatic carbocycles. The van der Waals surface area contributed by atoms with Gasteiger partial charge >= 0.3 is 35.5 Å². The summed E-state index contributed by atoms with van der Waals surface area (Å²) in [6.45, 7) is 0. The molecule has 0 aliphatic rings. The predicted octanol–water partition coefficient (Wildman–Crippen LogP) is 4.84. The van der Waals surface area contributed by atoms with Crippen molar-refractivity contribution >= 4 is 23.2 Å². The maximum Gasteiger partial charge on any atom is 0.393 e. The highest BCUT2D eigenvalue weighted by Crippen LogP contribution is 2.53. The smallest absolute Gasteiger partial charge is 0.393 e. The van der Waals surface area contributed by atoms with Crippen molar-refractivity contribution in [1.82, 2.24) is 0 Å². The van der Waals surface area contributed by atoms with Crippen molar-refractivity contribution in [2.24, 2.45) is 0 Å². The lowest BCUT2D eigenvalue weighted by molar-refractivity contribution is -0.345. The van der Waals surface area contributed by atoms with Crippen LogP contribution in [-0.4, -0.2) is 63.9 Å². The first kappa shape index (κ1) is 30.2. The second-order valence-electron chi connectivity index (χ2n) is 7.35. The van der Waals surface area contributed by atoms with E-state index in [1.807, 2.05) is 0 Å². The van der Waals surface area contributed by atoms with Gasteiger partial charge in [0.15, 0.2) is 23.0 Å². The summed E-state index contributed by atoms with van der Waals surface area (Å²) in [6, 6.07) is 5.44. The number of hydrogen-bond donors (Lipinski definition) is 2. The number of methoxy groups -OCH3 is 4. The number of halogens is 8. The van der Waals surface area contributed by atoms with Crippen molar-refractivity contribution in [3.05, 3.63) is 36.4 Å². The number of ether oxygens (including phenoxy) is 4. The van der Waals surface area contributed by atoms with E-state index in [0.717, 1.165) is 50.6 Å². The molecular weight excluding hydrogens is 540 g/mol. The fraction of sp³-hybridized carbons (Fsp3) is 0.364. The molecule has 0 saturated heterocycles. The van der Waals surface area contributed by atoms with E-state index in [2.05, 4.69) is 0 Å². The average Bonchev–Trinajstić information content (AvgIpc) is 2.87. The monoisotopic (exact) mass is 560 g/mol. The lowest BCUT2D eigenvalue weighted by Crippen LogP contribution is -2.67. The number of anilines is 2. The Morgan fingerprint density at radius 3 is 1.11 bits per heavy atom. The summed E-state index contributed by atoms with van der Waals surface area (Å²) < 4.78 is 134. The first-order chi connectivity index (χ1) is 17.5. The van der Waals surface area contributed by atoms with E-state index in [0.29, 0.717) is 0 Å². The molecule has 0 atom stereocenters. The summed E-state index contributed by atoms with van der Waals surface area (Å²) in [6.07, 6.45) is 0. The van der Waals surface area contributed by atoms with Gasteiger partial charge in [-0.3, -0.25) is 9.59 Å². The van der Waals surface area contributed by atoms with E-state index >= 15 is 0 Å². The number of alkyl halides is 8. The van der Waals surface area contributed by atoms with Crippen LogP contribution in [0.5, 0.6) is 23.0 Å². The molecule has 16 heteroatoms. The molecule has 0 aliphatic heterocycles. The highest BCUT2D eigenvalue weighted by atomic mass is 19.4. The Hall–Kier alpha value is -3.98. The van der Waals surface area contributed by atoms with Gasteiger partial charge in [-0.2, -0.15) is 35.1 Å². The first-order valence-corrected chi connectivity index (χ1v) is 10.1. The Kier molecular flexibility index (Phi) is 8.59. The van der Waals surface area contributed by atoms with Crippen molar-refractivity contribution in [2.45, 2.75) is 23.7 Å². The maximum absolute atomic E-state index is 14.3. The lowest BCUT2D eigenvalue weighted by Gasteiger charge is -2.35. The fourth-order valence-corrected chi connectivity index (χ4v) is 2.93. The molecule has 0 spiro atoms. The zero-order chi connectivity index (χ0) is 29.1. The van der Waals surface area contributed by atoms with Crippen LogP contribution in [0.2, 0.25) is 0 Å². The Labute approximate surface area is 209 Å². The molecule has 0 aliphatic carbocycles. The molecule has 0 radical (unpaired) electrons. The molecule has 38 heavy (non-hydrogen) atoms. The van der Waals surface area contributed by atoms with Crippen LogP contribution < -0.4 is 29.6 Å². The standard InChI is InChI=1S/C22H20F8N2O6/c1-35-13-7-5-11(9-15(13)37-3)31-17(33)19(23,24)21(27,28)22(29,30)20(25,26)18(34)32-12-6-8-14(36-2)16(10-12)38-4/h5-10H,1-4H3,(H,31,33)(H,32,34). The summed E-state index contributed by atoms with van der Waals surface area (Å²) in [4.78, 5) is 23.8. The van der Waals surface area contributed by atoms with Gasteiger partial charge in [0, 0.05) is 23.5 Å². The second kappa shape index (κ2) is 10.8. The molecule has 8 nitrogen and oxygen atoms in total. The van der Waals surface area contributed by atoms with Crippen molar-refractivity contribution in [3.8, 4) is 23.0 Å². The van der Waals surface area contributed by atoms with Crippen LogP contribution >= 0.6 is 0 Å². The van der Waals surface area contributed by atoms with E-state index in [9.17, 15) is 44.7 Å². The predicted molar refractivity (Wildman–Crippen MR) is 116 cm³/mol. The molecule has 2 rings (SSSR count). The van der Waals surface area contributed by atoms with Gasteiger partial charge in [-0.05, 0) is 24.3 Å². The number of benzene rings is 2. The van der Waals surface area contributed by atoms with Gasteiger partial charge in [0.2, 0.25) is 0 Å². The van der Waals surface area contributed by atoms with Crippen molar-refractivity contribution in [1.29, 1.82) is 0 Å². The zero-order valence-corrected chi connectivity index (χ0v) is 19.9. The first-order valence-electron chi connectivity index (χ1n) is 10.1. The molecule has 0 heterocycles. The van der Waals surface area contributed by atoms with Gasteiger partial charge < -0.3 is 29.6 Å². The van der Waals surface area contributed by atoms with Crippen LogP contribution in [0, 0.1) is 0 Å². The van der Waals surface area contributed by atoms with Crippen LogP contribution in [0.25, 0.3) is 0 Å². The molecule has 0 fully saturated rings. The fourth-order valence-electron chi connectivity index (χ4n) is 2.93. The van der Waals surface area contributed by atoms with Gasteiger partial charge in [0.25, 0.3) is 0 Å². The molecule has 0 saturated carbocycles. The summed E-state index contributed by atoms with van der Waals surface area (Å²) in [7, 11) is 4.58. The molecule has 2 amide bonds. The van der Waals surface area contributed by atoms with Gasteiger partial charge in [0.1, 0.15) is 0 Å². The molecule has 2 aromatic rings. The number of amides is 2. The maximum atomic E-state index is 14.3. The Balaban J connectivity index is 2.34. The number of hydrogen-bond acceptors (Lipinski definition) is 6. The molecule has 2 N–H and O–H groups in total. The minimum Gasteiger partial charge on any atom is -0.493 e. The minimum atomic E-state index is -7.06. The zero-order valence-electron chi connectivity index (χ0n) is 19.9. The van der Waals surface area contributed by atoms with E-state index < -0.39 is 46.9 Å². The largest absolute Gasteiger partial charge is 0.493 e. The van der Waals surface area contributed by atoms with Crippen molar-refractivity contribution in [2.75, 3.05) is 39.1 Å². The lowest BCUT2D eigenvalue weighted by atomic mass is 9.97. The SMILES string of the molecule is COc1ccc(NC(=O)C(F)(F)C(F)(F)C(F)(F)C(F)(F)C(=O)Nc2ccc(OC)c(OC)c2)cc1OC. The topological polar surface area (TPSA) is 95.1 Å². The van der Waals surface area contributed by atoms with Gasteiger partial charge in [-0.15, -0.1) is 0 Å². The number of carbonyl (C=O) groups is 2. The van der Waals surface area contributed by atoms with Gasteiger partial charge in [-0.1, -0.05) is 0 Å². The van der Waals surface area contributed by atoms with E-state index in [4.69, 9.17) is 18.9 Å². The quantitative estimate of drug-likeness (QED) is 0.382.